The van der Waals surface area contributed by atoms with Gasteiger partial charge in [-0.2, -0.15) is 0 Å². The monoisotopic (exact) mass is 661 g/mol. The average molecular weight is 663 g/mol. The summed E-state index contributed by atoms with van der Waals surface area (Å²) in [7, 11) is 0. The highest BCUT2D eigenvalue weighted by atomic mass is 35.5. The van der Waals surface area contributed by atoms with Crippen LogP contribution in [0.15, 0.2) is 71.7 Å². The summed E-state index contributed by atoms with van der Waals surface area (Å²) in [4.78, 5) is 45.1. The number of carbonyl (C=O) groups excluding carboxylic acids is 2. The van der Waals surface area contributed by atoms with Gasteiger partial charge in [0.2, 0.25) is 0 Å². The summed E-state index contributed by atoms with van der Waals surface area (Å²) in [5, 5.41) is 12.7. The maximum Gasteiger partial charge on any atom is 0.305 e. The van der Waals surface area contributed by atoms with Gasteiger partial charge in [0.05, 0.1) is 12.5 Å². The number of hydrogen-bond donors (Lipinski definition) is 2. The molecule has 7 nitrogen and oxygen atoms in total. The summed E-state index contributed by atoms with van der Waals surface area (Å²) in [6.07, 6.45) is 6.84. The third-order valence-electron chi connectivity index (χ3n) is 8.94. The number of halogens is 2. The van der Waals surface area contributed by atoms with E-state index in [-0.39, 0.29) is 42.9 Å². The summed E-state index contributed by atoms with van der Waals surface area (Å²) >= 11 is 12.5. The second-order valence-electron chi connectivity index (χ2n) is 12.7. The lowest BCUT2D eigenvalue weighted by molar-refractivity contribution is -0.136. The van der Waals surface area contributed by atoms with Gasteiger partial charge in [-0.3, -0.25) is 19.4 Å². The van der Waals surface area contributed by atoms with Crippen molar-refractivity contribution >= 4 is 46.7 Å². The molecule has 2 aliphatic rings. The number of nitrogens with one attached hydrogen (secondary N) is 1. The van der Waals surface area contributed by atoms with Gasteiger partial charge < -0.3 is 15.3 Å². The summed E-state index contributed by atoms with van der Waals surface area (Å²) in [5.74, 6) is -0.629. The van der Waals surface area contributed by atoms with Crippen LogP contribution in [0, 0.1) is 11.8 Å². The van der Waals surface area contributed by atoms with Crippen LogP contribution in [0.4, 0.5) is 0 Å². The van der Waals surface area contributed by atoms with Crippen molar-refractivity contribution in [3.8, 4) is 11.1 Å². The van der Waals surface area contributed by atoms with Crippen molar-refractivity contribution in [1.82, 2.24) is 10.2 Å². The molecule has 2 N–H and O–H groups in total. The molecule has 1 fully saturated rings. The number of aliphatic imine (C=N–C) groups is 1. The van der Waals surface area contributed by atoms with Crippen LogP contribution in [0.2, 0.25) is 10.0 Å². The van der Waals surface area contributed by atoms with E-state index < -0.39 is 5.97 Å². The summed E-state index contributed by atoms with van der Waals surface area (Å²) in [6, 6.07) is 20.4. The van der Waals surface area contributed by atoms with Crippen LogP contribution < -0.4 is 5.32 Å². The van der Waals surface area contributed by atoms with E-state index in [9.17, 15) is 14.4 Å². The topological polar surface area (TPSA) is 99.1 Å². The first-order chi connectivity index (χ1) is 22.1. The molecule has 0 saturated heterocycles. The Kier molecular flexibility index (Phi) is 11.2. The lowest BCUT2D eigenvalue weighted by Gasteiger charge is -2.38. The normalized spacial score (nSPS) is 17.7. The molecule has 9 heteroatoms. The summed E-state index contributed by atoms with van der Waals surface area (Å²) < 4.78 is 0. The van der Waals surface area contributed by atoms with Crippen molar-refractivity contribution in [2.75, 3.05) is 6.54 Å². The highest BCUT2D eigenvalue weighted by molar-refractivity contribution is 6.46. The molecule has 1 aliphatic heterocycles. The number of carbonyl (C=O) groups is 3. The molecule has 2 amide bonds. The van der Waals surface area contributed by atoms with Gasteiger partial charge in [-0.15, -0.1) is 0 Å². The molecule has 3 aromatic carbocycles. The zero-order valence-electron chi connectivity index (χ0n) is 26.3. The molecule has 0 radical (unpaired) electrons. The van der Waals surface area contributed by atoms with Gasteiger partial charge in [0.15, 0.2) is 0 Å². The number of benzene rings is 3. The molecular formula is C37H41Cl2N3O4. The fourth-order valence-electron chi connectivity index (χ4n) is 6.52. The van der Waals surface area contributed by atoms with Crippen LogP contribution in [0.5, 0.6) is 0 Å². The molecule has 46 heavy (non-hydrogen) atoms. The van der Waals surface area contributed by atoms with Crippen LogP contribution >= 0.6 is 23.2 Å². The zero-order chi connectivity index (χ0) is 32.8. The lowest BCUT2D eigenvalue weighted by Crippen LogP contribution is -2.43. The molecule has 242 valence electrons. The first-order valence-electron chi connectivity index (χ1n) is 16.2. The van der Waals surface area contributed by atoms with Crippen LogP contribution in [-0.4, -0.2) is 46.2 Å². The minimum atomic E-state index is -0.963. The molecular weight excluding hydrogens is 621 g/mol. The number of nitrogens with zero attached hydrogens (tertiary/aromatic N) is 2. The highest BCUT2D eigenvalue weighted by Gasteiger charge is 2.43. The third-order valence-corrected chi connectivity index (χ3v) is 9.38. The molecule has 1 saturated carbocycles. The highest BCUT2D eigenvalue weighted by Crippen LogP contribution is 2.40. The second-order valence-corrected chi connectivity index (χ2v) is 13.6. The van der Waals surface area contributed by atoms with Gasteiger partial charge in [0.25, 0.3) is 11.8 Å². The van der Waals surface area contributed by atoms with Gasteiger partial charge in [-0.1, -0.05) is 92.7 Å². The lowest BCUT2D eigenvalue weighted by atomic mass is 9.85. The Labute approximate surface area is 281 Å². The second kappa shape index (κ2) is 15.3. The van der Waals surface area contributed by atoms with E-state index in [0.29, 0.717) is 27.2 Å². The molecule has 0 bridgehead atoms. The Morgan fingerprint density at radius 2 is 1.52 bits per heavy atom. The molecule has 0 spiro atoms. The van der Waals surface area contributed by atoms with Crippen LogP contribution in [0.25, 0.3) is 11.1 Å². The number of hydrogen-bond acceptors (Lipinski definition) is 4. The van der Waals surface area contributed by atoms with Crippen LogP contribution in [0.3, 0.4) is 0 Å². The van der Waals surface area contributed by atoms with Crippen LogP contribution in [-0.2, 0) is 9.59 Å². The van der Waals surface area contributed by atoms with Gasteiger partial charge in [0.1, 0.15) is 11.9 Å². The van der Waals surface area contributed by atoms with Crippen molar-refractivity contribution in [3.05, 3.63) is 93.5 Å². The minimum Gasteiger partial charge on any atom is -0.481 e. The number of rotatable bonds is 12. The molecule has 2 atom stereocenters. The average Bonchev–Trinajstić information content (AvgIpc) is 3.37. The van der Waals surface area contributed by atoms with Crippen molar-refractivity contribution in [1.29, 1.82) is 0 Å². The van der Waals surface area contributed by atoms with E-state index in [2.05, 4.69) is 19.2 Å². The van der Waals surface area contributed by atoms with Gasteiger partial charge >= 0.3 is 5.97 Å². The number of carboxylic acid groups (broad SMARTS) is 1. The molecule has 0 aromatic heterocycles. The first-order valence-corrected chi connectivity index (χ1v) is 16.9. The van der Waals surface area contributed by atoms with E-state index in [1.165, 1.54) is 6.42 Å². The molecule has 5 rings (SSSR count). The van der Waals surface area contributed by atoms with Crippen molar-refractivity contribution in [3.63, 3.8) is 0 Å². The fraction of sp³-hybridized carbons (Fsp3) is 0.405. The summed E-state index contributed by atoms with van der Waals surface area (Å²) in [5.41, 5.74) is 4.52. The Bertz CT molecular complexity index is 1560. The number of amides is 2. The smallest absolute Gasteiger partial charge is 0.305 e. The van der Waals surface area contributed by atoms with E-state index in [0.717, 1.165) is 60.8 Å². The van der Waals surface area contributed by atoms with Gasteiger partial charge in [-0.25, -0.2) is 0 Å². The first kappa shape index (κ1) is 33.7. The Balaban J connectivity index is 1.45. The fourth-order valence-corrected chi connectivity index (χ4v) is 7.05. The predicted octanol–water partition coefficient (Wildman–Crippen LogP) is 8.58. The molecule has 2 unspecified atom stereocenters. The number of carboxylic acids is 1. The quantitative estimate of drug-likeness (QED) is 0.203. The van der Waals surface area contributed by atoms with Gasteiger partial charge in [0, 0.05) is 27.7 Å². The largest absolute Gasteiger partial charge is 0.481 e. The molecule has 1 aliphatic carbocycles. The Morgan fingerprint density at radius 1 is 0.891 bits per heavy atom. The maximum atomic E-state index is 14.5. The van der Waals surface area contributed by atoms with E-state index in [4.69, 9.17) is 33.3 Å². The zero-order valence-corrected chi connectivity index (χ0v) is 27.9. The molecule has 3 aromatic rings. The van der Waals surface area contributed by atoms with E-state index in [1.807, 2.05) is 53.4 Å². The van der Waals surface area contributed by atoms with Gasteiger partial charge in [-0.05, 0) is 84.5 Å². The SMILES string of the molecule is CC(C)CCC(c1ccc(C(=O)NCCC(=O)O)cc1)N1C(=O)C(c2ccc(-c3cc(Cl)cc(Cl)c3)cc2)=NC1C1CCCCC1. The molecule has 1 heterocycles. The number of aliphatic carboxylic acids is 1. The minimum absolute atomic E-state index is 0.0617. The Morgan fingerprint density at radius 3 is 2.13 bits per heavy atom. The third kappa shape index (κ3) is 8.18. The summed E-state index contributed by atoms with van der Waals surface area (Å²) in [6.45, 7) is 4.43. The standard InChI is InChI=1S/C37H41Cl2N3O4/c1-23(2)8-17-32(25-11-15-28(16-12-25)36(45)40-19-18-33(43)44)42-35(27-6-4-3-5-7-27)41-34(37(42)46)26-13-9-24(10-14-26)29-20-30(38)22-31(39)21-29/h9-16,20-23,27,32,35H,3-8,17-19H2,1-2H3,(H,40,45)(H,43,44). The Hall–Kier alpha value is -3.68. The van der Waals surface area contributed by atoms with E-state index in [1.54, 1.807) is 18.2 Å². The van der Waals surface area contributed by atoms with Crippen molar-refractivity contribution in [2.45, 2.75) is 77.4 Å². The van der Waals surface area contributed by atoms with Crippen molar-refractivity contribution < 1.29 is 19.5 Å². The van der Waals surface area contributed by atoms with E-state index >= 15 is 0 Å². The van der Waals surface area contributed by atoms with Crippen molar-refractivity contribution in [2.24, 2.45) is 16.8 Å². The predicted molar refractivity (Wildman–Crippen MR) is 183 cm³/mol. The maximum absolute atomic E-state index is 14.5. The van der Waals surface area contributed by atoms with Crippen LogP contribution in [0.1, 0.15) is 92.7 Å².